The van der Waals surface area contributed by atoms with Gasteiger partial charge in [0, 0.05) is 17.5 Å². The SMILES string of the molecule is C#CCOc1cnc2c(Nc3cnc(F)c([C@@]4(C)N=C(N)S[C@]5([C@H](O)C(F)(F)F)C[C@H]54)c3)ncnc2c1. The van der Waals surface area contributed by atoms with Gasteiger partial charge in [-0.2, -0.15) is 17.6 Å². The Hall–Kier alpha value is -3.70. The maximum Gasteiger partial charge on any atom is 0.415 e. The Morgan fingerprint density at radius 1 is 1.30 bits per heavy atom. The fourth-order valence-corrected chi connectivity index (χ4v) is 6.18. The van der Waals surface area contributed by atoms with Gasteiger partial charge in [0.2, 0.25) is 5.95 Å². The van der Waals surface area contributed by atoms with Crippen LogP contribution in [0.2, 0.25) is 0 Å². The van der Waals surface area contributed by atoms with Crippen LogP contribution in [-0.4, -0.2) is 53.8 Å². The van der Waals surface area contributed by atoms with Crippen LogP contribution >= 0.6 is 11.8 Å². The van der Waals surface area contributed by atoms with Crippen molar-refractivity contribution in [2.75, 3.05) is 11.9 Å². The van der Waals surface area contributed by atoms with Gasteiger partial charge in [-0.05, 0) is 19.4 Å². The van der Waals surface area contributed by atoms with E-state index in [1.54, 1.807) is 6.07 Å². The van der Waals surface area contributed by atoms with Gasteiger partial charge in [-0.3, -0.25) is 4.99 Å². The molecule has 0 bridgehead atoms. The average Bonchev–Trinajstić information content (AvgIpc) is 3.59. The first-order valence-corrected chi connectivity index (χ1v) is 11.7. The lowest BCUT2D eigenvalue weighted by atomic mass is 9.86. The summed E-state index contributed by atoms with van der Waals surface area (Å²) >= 11 is 0.668. The van der Waals surface area contributed by atoms with Crippen molar-refractivity contribution in [3.63, 3.8) is 0 Å². The molecule has 1 aliphatic heterocycles. The second-order valence-electron chi connectivity index (χ2n) is 8.80. The molecule has 0 radical (unpaired) electrons. The monoisotopic (exact) mass is 533 g/mol. The van der Waals surface area contributed by atoms with Crippen LogP contribution in [0.4, 0.5) is 29.1 Å². The normalized spacial score (nSPS) is 25.5. The minimum Gasteiger partial charge on any atom is -0.479 e. The van der Waals surface area contributed by atoms with Gasteiger partial charge in [0.05, 0.1) is 33.9 Å². The number of rotatable bonds is 6. The summed E-state index contributed by atoms with van der Waals surface area (Å²) in [6.45, 7) is 1.54. The highest BCUT2D eigenvalue weighted by Crippen LogP contribution is 2.68. The maximum atomic E-state index is 15.0. The first-order chi connectivity index (χ1) is 17.5. The zero-order valence-electron chi connectivity index (χ0n) is 19.1. The van der Waals surface area contributed by atoms with Gasteiger partial charge in [-0.25, -0.2) is 19.9 Å². The number of thioether (sulfide) groups is 1. The number of aliphatic hydroxyl groups excluding tert-OH is 1. The molecule has 4 heterocycles. The van der Waals surface area contributed by atoms with Gasteiger partial charge in [-0.1, -0.05) is 17.7 Å². The van der Waals surface area contributed by atoms with Crippen molar-refractivity contribution >= 4 is 39.5 Å². The first-order valence-electron chi connectivity index (χ1n) is 10.9. The van der Waals surface area contributed by atoms with E-state index in [0.717, 1.165) is 0 Å². The van der Waals surface area contributed by atoms with E-state index in [4.69, 9.17) is 16.9 Å². The molecule has 3 aromatic heterocycles. The molecule has 1 aliphatic carbocycles. The zero-order valence-corrected chi connectivity index (χ0v) is 19.9. The van der Waals surface area contributed by atoms with Crippen molar-refractivity contribution in [2.45, 2.75) is 35.9 Å². The zero-order chi connectivity index (χ0) is 26.6. The highest BCUT2D eigenvalue weighted by molar-refractivity contribution is 8.15. The van der Waals surface area contributed by atoms with Crippen LogP contribution in [0.25, 0.3) is 11.0 Å². The molecular formula is C23H19F4N7O2S. The number of pyridine rings is 2. The summed E-state index contributed by atoms with van der Waals surface area (Å²) in [5, 5.41) is 12.9. The fraction of sp³-hybridized carbons (Fsp3) is 0.348. The van der Waals surface area contributed by atoms with Crippen molar-refractivity contribution in [3.8, 4) is 18.1 Å². The molecule has 3 aromatic rings. The number of hydrogen-bond acceptors (Lipinski definition) is 10. The first kappa shape index (κ1) is 25.0. The van der Waals surface area contributed by atoms with Crippen LogP contribution < -0.4 is 15.8 Å². The Morgan fingerprint density at radius 2 is 2.08 bits per heavy atom. The van der Waals surface area contributed by atoms with Crippen LogP contribution in [0.3, 0.4) is 0 Å². The Bertz CT molecular complexity index is 1460. The lowest BCUT2D eigenvalue weighted by Crippen LogP contribution is -2.47. The molecule has 5 rings (SSSR count). The van der Waals surface area contributed by atoms with E-state index >= 15 is 4.39 Å². The lowest BCUT2D eigenvalue weighted by Gasteiger charge is -2.36. The van der Waals surface area contributed by atoms with Crippen molar-refractivity contribution < 1.29 is 27.4 Å². The molecule has 1 fully saturated rings. The molecule has 14 heteroatoms. The van der Waals surface area contributed by atoms with Gasteiger partial charge in [0.15, 0.2) is 17.1 Å². The number of ether oxygens (including phenoxy) is 1. The molecule has 37 heavy (non-hydrogen) atoms. The summed E-state index contributed by atoms with van der Waals surface area (Å²) in [4.78, 5) is 20.8. The summed E-state index contributed by atoms with van der Waals surface area (Å²) in [5.74, 6) is 1.29. The Balaban J connectivity index is 1.49. The summed E-state index contributed by atoms with van der Waals surface area (Å²) < 4.78 is 58.9. The van der Waals surface area contributed by atoms with Crippen LogP contribution in [0, 0.1) is 24.2 Å². The Morgan fingerprint density at radius 3 is 2.81 bits per heavy atom. The highest BCUT2D eigenvalue weighted by atomic mass is 32.2. The number of nitrogens with one attached hydrogen (secondary N) is 1. The largest absolute Gasteiger partial charge is 0.479 e. The Kier molecular flexibility index (Phi) is 5.87. The number of nitrogens with two attached hydrogens (primary N) is 1. The van der Waals surface area contributed by atoms with E-state index in [1.807, 2.05) is 0 Å². The summed E-state index contributed by atoms with van der Waals surface area (Å²) in [6.07, 6.45) is 1.57. The van der Waals surface area contributed by atoms with Crippen LogP contribution in [0.5, 0.6) is 5.75 Å². The molecule has 1 saturated carbocycles. The van der Waals surface area contributed by atoms with Gasteiger partial charge in [-0.15, -0.1) is 6.42 Å². The maximum absolute atomic E-state index is 15.0. The van der Waals surface area contributed by atoms with Crippen molar-refractivity contribution in [1.82, 2.24) is 19.9 Å². The van der Waals surface area contributed by atoms with Gasteiger partial charge in [0.1, 0.15) is 24.2 Å². The molecular weight excluding hydrogens is 514 g/mol. The van der Waals surface area contributed by atoms with Gasteiger partial charge in [0.25, 0.3) is 0 Å². The second kappa shape index (κ2) is 8.70. The van der Waals surface area contributed by atoms with E-state index in [9.17, 15) is 18.3 Å². The Labute approximate surface area is 212 Å². The minimum absolute atomic E-state index is 0.0549. The predicted molar refractivity (Wildman–Crippen MR) is 129 cm³/mol. The number of fused-ring (bicyclic) bond motifs is 2. The summed E-state index contributed by atoms with van der Waals surface area (Å²) in [6, 6.07) is 3.01. The molecule has 4 N–H and O–H groups in total. The van der Waals surface area contributed by atoms with Crippen molar-refractivity contribution in [3.05, 3.63) is 42.4 Å². The van der Waals surface area contributed by atoms with Crippen LogP contribution in [-0.2, 0) is 5.54 Å². The minimum atomic E-state index is -4.87. The third-order valence-electron chi connectivity index (χ3n) is 6.46. The number of amidine groups is 1. The third-order valence-corrected chi connectivity index (χ3v) is 7.82. The molecule has 4 atom stereocenters. The fourth-order valence-electron chi connectivity index (χ4n) is 4.68. The van der Waals surface area contributed by atoms with E-state index in [1.165, 1.54) is 31.7 Å². The van der Waals surface area contributed by atoms with Gasteiger partial charge >= 0.3 is 6.18 Å². The van der Waals surface area contributed by atoms with Crippen molar-refractivity contribution in [2.24, 2.45) is 16.6 Å². The number of halogens is 4. The molecule has 0 saturated heterocycles. The topological polar surface area (TPSA) is 131 Å². The lowest BCUT2D eigenvalue weighted by molar-refractivity contribution is -0.207. The van der Waals surface area contributed by atoms with Crippen molar-refractivity contribution in [1.29, 1.82) is 0 Å². The number of hydrogen-bond donors (Lipinski definition) is 3. The molecule has 0 unspecified atom stereocenters. The molecule has 2 aliphatic rings. The summed E-state index contributed by atoms with van der Waals surface area (Å²) in [7, 11) is 0. The average molecular weight is 534 g/mol. The van der Waals surface area contributed by atoms with Crippen LogP contribution in [0.1, 0.15) is 18.9 Å². The molecule has 0 aromatic carbocycles. The number of alkyl halides is 3. The number of aliphatic imine (C=N–C) groups is 1. The number of nitrogens with zero attached hydrogens (tertiary/aromatic N) is 5. The number of aromatic nitrogens is 4. The molecule has 0 spiro atoms. The summed E-state index contributed by atoms with van der Waals surface area (Å²) in [5.41, 5.74) is 5.41. The highest BCUT2D eigenvalue weighted by Gasteiger charge is 2.74. The van der Waals surface area contributed by atoms with E-state index in [0.29, 0.717) is 28.5 Å². The number of terminal acetylenes is 1. The second-order valence-corrected chi connectivity index (χ2v) is 10.2. The predicted octanol–water partition coefficient (Wildman–Crippen LogP) is 3.27. The quantitative estimate of drug-likeness (QED) is 0.248. The molecule has 9 nitrogen and oxygen atoms in total. The van der Waals surface area contributed by atoms with E-state index in [-0.39, 0.29) is 35.3 Å². The standard InChI is InChI=1S/C23H19F4N7O2S/c1-3-4-36-12-6-14-16(29-9-12)18(32-10-31-14)33-11-5-13(17(24)30-8-11)21(2)15-7-22(15,37-20(28)34-21)19(35)23(25,26)27/h1,5-6,8-10,15,19,35H,4,7H2,2H3,(H2,28,34)(H,31,32,33)/t15-,19-,21+,22+/m0/s1. The van der Waals surface area contributed by atoms with Crippen LogP contribution in [0.15, 0.2) is 35.8 Å². The van der Waals surface area contributed by atoms with E-state index in [2.05, 4.69) is 36.2 Å². The smallest absolute Gasteiger partial charge is 0.415 e. The van der Waals surface area contributed by atoms with E-state index < -0.39 is 34.4 Å². The number of anilines is 2. The molecule has 192 valence electrons. The molecule has 0 amide bonds. The number of aliphatic hydroxyl groups is 1. The third kappa shape index (κ3) is 4.27. The van der Waals surface area contributed by atoms with Gasteiger partial charge < -0.3 is 20.9 Å².